The average Bonchev–Trinajstić information content (AvgIpc) is 2.54. The second-order valence-electron chi connectivity index (χ2n) is 6.85. The number of rotatable bonds is 4. The summed E-state index contributed by atoms with van der Waals surface area (Å²) < 4.78 is 4.96. The summed E-state index contributed by atoms with van der Waals surface area (Å²) in [6.07, 6.45) is 0. The van der Waals surface area contributed by atoms with Gasteiger partial charge in [0.15, 0.2) is 0 Å². The molecule has 0 aliphatic carbocycles. The van der Waals surface area contributed by atoms with E-state index in [1.807, 2.05) is 38.1 Å². The van der Waals surface area contributed by atoms with Crippen LogP contribution in [0.4, 0.5) is 10.5 Å². The highest BCUT2D eigenvalue weighted by Gasteiger charge is 2.55. The maximum atomic E-state index is 12.6. The maximum Gasteiger partial charge on any atom is 0.322 e. The van der Waals surface area contributed by atoms with E-state index >= 15 is 0 Å². The number of amides is 3. The van der Waals surface area contributed by atoms with E-state index in [9.17, 15) is 14.7 Å². The Morgan fingerprint density at radius 1 is 1.36 bits per heavy atom. The Labute approximate surface area is 147 Å². The van der Waals surface area contributed by atoms with Crippen molar-refractivity contribution in [1.29, 1.82) is 0 Å². The lowest BCUT2D eigenvalue weighted by molar-refractivity contribution is -0.154. The fraction of sp³-hybridized carbons (Fsp3) is 0.556. The number of methoxy groups -OCH3 is 1. The van der Waals surface area contributed by atoms with E-state index in [1.54, 1.807) is 9.80 Å². The molecular formula is C18H25N3O4. The molecule has 2 aliphatic heterocycles. The monoisotopic (exact) mass is 347 g/mol. The molecule has 7 nitrogen and oxygen atoms in total. The van der Waals surface area contributed by atoms with E-state index < -0.39 is 0 Å². The Hall–Kier alpha value is -2.12. The maximum absolute atomic E-state index is 12.6. The van der Waals surface area contributed by atoms with Gasteiger partial charge in [-0.3, -0.25) is 9.69 Å². The van der Waals surface area contributed by atoms with Gasteiger partial charge in [0.1, 0.15) is 6.61 Å². The predicted octanol–water partition coefficient (Wildman–Crippen LogP) is 0.926. The van der Waals surface area contributed by atoms with Crippen LogP contribution in [0.15, 0.2) is 24.3 Å². The number of nitrogens with one attached hydrogen (secondary N) is 1. The van der Waals surface area contributed by atoms with Crippen LogP contribution < -0.4 is 10.2 Å². The molecule has 1 aromatic carbocycles. The fourth-order valence-corrected chi connectivity index (χ4v) is 3.95. The van der Waals surface area contributed by atoms with Gasteiger partial charge in [-0.15, -0.1) is 0 Å². The van der Waals surface area contributed by atoms with Crippen molar-refractivity contribution >= 4 is 17.6 Å². The number of anilines is 1. The third-order valence-electron chi connectivity index (χ3n) is 4.90. The van der Waals surface area contributed by atoms with Crippen molar-refractivity contribution in [2.24, 2.45) is 0 Å². The van der Waals surface area contributed by atoms with Crippen LogP contribution in [0, 0.1) is 0 Å². The first-order chi connectivity index (χ1) is 12.0. The lowest BCUT2D eigenvalue weighted by atomic mass is 9.72. The fourth-order valence-electron chi connectivity index (χ4n) is 3.95. The van der Waals surface area contributed by atoms with Gasteiger partial charge in [-0.25, -0.2) is 4.79 Å². The number of hydrogen-bond donors (Lipinski definition) is 2. The molecule has 1 saturated heterocycles. The number of ether oxygens (including phenoxy) is 1. The van der Waals surface area contributed by atoms with Gasteiger partial charge in [-0.05, 0) is 25.5 Å². The minimum absolute atomic E-state index is 0.0233. The van der Waals surface area contributed by atoms with Crippen molar-refractivity contribution in [2.75, 3.05) is 31.8 Å². The zero-order valence-corrected chi connectivity index (χ0v) is 14.8. The number of carbonyl (C=O) groups excluding carboxylic acids is 2. The van der Waals surface area contributed by atoms with Gasteiger partial charge in [-0.1, -0.05) is 18.2 Å². The molecule has 0 unspecified atom stereocenters. The third-order valence-corrected chi connectivity index (χ3v) is 4.90. The van der Waals surface area contributed by atoms with Gasteiger partial charge in [0, 0.05) is 31.3 Å². The van der Waals surface area contributed by atoms with Gasteiger partial charge in [0.2, 0.25) is 5.91 Å². The van der Waals surface area contributed by atoms with Gasteiger partial charge < -0.3 is 20.1 Å². The number of benzene rings is 1. The number of hydrogen-bond acceptors (Lipinski definition) is 4. The molecule has 1 aromatic rings. The van der Waals surface area contributed by atoms with Crippen molar-refractivity contribution in [1.82, 2.24) is 10.2 Å². The summed E-state index contributed by atoms with van der Waals surface area (Å²) in [6, 6.07) is 7.14. The molecule has 3 amide bonds. The number of likely N-dealkylation sites (tertiary alicyclic amines) is 1. The minimum Gasteiger partial charge on any atom is -0.394 e. The van der Waals surface area contributed by atoms with Crippen molar-refractivity contribution < 1.29 is 19.4 Å². The number of nitrogens with zero attached hydrogens (tertiary/aromatic N) is 2. The molecule has 0 spiro atoms. The molecule has 2 heterocycles. The molecule has 136 valence electrons. The van der Waals surface area contributed by atoms with Gasteiger partial charge >= 0.3 is 6.03 Å². The zero-order valence-electron chi connectivity index (χ0n) is 14.8. The number of carbonyl (C=O) groups is 2. The topological polar surface area (TPSA) is 82.1 Å². The molecule has 1 fully saturated rings. The molecule has 7 heteroatoms. The SMILES string of the molecule is COCC(=O)N1[C@H](CO)[C@@H]2c3ccccc3N(C(=O)NC(C)C)C[C@@H]21. The van der Waals surface area contributed by atoms with Crippen molar-refractivity contribution in [3.05, 3.63) is 29.8 Å². The van der Waals surface area contributed by atoms with E-state index in [0.29, 0.717) is 6.54 Å². The molecular weight excluding hydrogens is 322 g/mol. The van der Waals surface area contributed by atoms with E-state index in [4.69, 9.17) is 4.74 Å². The summed E-state index contributed by atoms with van der Waals surface area (Å²) in [4.78, 5) is 28.4. The van der Waals surface area contributed by atoms with Gasteiger partial charge in [0.25, 0.3) is 0 Å². The van der Waals surface area contributed by atoms with Crippen LogP contribution in [0.2, 0.25) is 0 Å². The lowest BCUT2D eigenvalue weighted by Gasteiger charge is -2.58. The minimum atomic E-state index is -0.274. The molecule has 0 aromatic heterocycles. The van der Waals surface area contributed by atoms with Crippen LogP contribution in [0.1, 0.15) is 25.3 Å². The zero-order chi connectivity index (χ0) is 18.1. The van der Waals surface area contributed by atoms with E-state index in [0.717, 1.165) is 11.3 Å². The summed E-state index contributed by atoms with van der Waals surface area (Å²) >= 11 is 0. The highest BCUT2D eigenvalue weighted by atomic mass is 16.5. The summed E-state index contributed by atoms with van der Waals surface area (Å²) in [6.45, 7) is 4.10. The first-order valence-corrected chi connectivity index (χ1v) is 8.57. The van der Waals surface area contributed by atoms with E-state index in [2.05, 4.69) is 5.32 Å². The summed E-state index contributed by atoms with van der Waals surface area (Å²) in [5.41, 5.74) is 1.84. The molecule has 3 atom stereocenters. The Balaban J connectivity index is 1.94. The van der Waals surface area contributed by atoms with Crippen molar-refractivity contribution in [3.63, 3.8) is 0 Å². The summed E-state index contributed by atoms with van der Waals surface area (Å²) in [7, 11) is 1.47. The van der Waals surface area contributed by atoms with Gasteiger partial charge in [0.05, 0.1) is 18.7 Å². The standard InChI is InChI=1S/C18H25N3O4/c1-11(2)19-18(24)20-8-14-17(12-6-4-5-7-13(12)20)15(9-22)21(14)16(23)10-25-3/h4-7,11,14-15,17,22H,8-10H2,1-3H3,(H,19,24)/t14-,15+,17+/m0/s1. The molecule has 0 radical (unpaired) electrons. The van der Waals surface area contributed by atoms with E-state index in [1.165, 1.54) is 7.11 Å². The van der Waals surface area contributed by atoms with Crippen LogP contribution in [-0.2, 0) is 9.53 Å². The first-order valence-electron chi connectivity index (χ1n) is 8.57. The average molecular weight is 347 g/mol. The highest BCUT2D eigenvalue weighted by molar-refractivity contribution is 5.94. The summed E-state index contributed by atoms with van der Waals surface area (Å²) in [5, 5.41) is 12.7. The molecule has 25 heavy (non-hydrogen) atoms. The molecule has 3 rings (SSSR count). The largest absolute Gasteiger partial charge is 0.394 e. The predicted molar refractivity (Wildman–Crippen MR) is 93.6 cm³/mol. The molecule has 0 bridgehead atoms. The van der Waals surface area contributed by atoms with Crippen LogP contribution in [0.25, 0.3) is 0 Å². The number of para-hydroxylation sites is 1. The van der Waals surface area contributed by atoms with E-state index in [-0.39, 0.29) is 49.2 Å². The third kappa shape index (κ3) is 2.98. The second-order valence-corrected chi connectivity index (χ2v) is 6.85. The molecule has 2 aliphatic rings. The summed E-state index contributed by atoms with van der Waals surface area (Å²) in [5.74, 6) is -0.128. The quantitative estimate of drug-likeness (QED) is 0.849. The Kier molecular flexibility index (Phi) is 4.96. The number of aliphatic hydroxyl groups excluding tert-OH is 1. The Morgan fingerprint density at radius 2 is 2.08 bits per heavy atom. The Morgan fingerprint density at radius 3 is 2.72 bits per heavy atom. The molecule has 2 N–H and O–H groups in total. The number of urea groups is 1. The number of fused-ring (bicyclic) bond motifs is 3. The van der Waals surface area contributed by atoms with Gasteiger partial charge in [-0.2, -0.15) is 0 Å². The second kappa shape index (κ2) is 7.01. The first kappa shape index (κ1) is 17.7. The van der Waals surface area contributed by atoms with Crippen LogP contribution in [0.3, 0.4) is 0 Å². The van der Waals surface area contributed by atoms with Crippen LogP contribution in [0.5, 0.6) is 0 Å². The highest BCUT2D eigenvalue weighted by Crippen LogP contribution is 2.48. The van der Waals surface area contributed by atoms with Crippen molar-refractivity contribution in [3.8, 4) is 0 Å². The van der Waals surface area contributed by atoms with Crippen molar-refractivity contribution in [2.45, 2.75) is 37.9 Å². The number of aliphatic hydroxyl groups is 1. The normalized spacial score (nSPS) is 24.4. The van der Waals surface area contributed by atoms with Crippen LogP contribution in [-0.4, -0.2) is 66.9 Å². The van der Waals surface area contributed by atoms with Crippen LogP contribution >= 0.6 is 0 Å². The smallest absolute Gasteiger partial charge is 0.322 e. The molecule has 0 saturated carbocycles. The Bertz CT molecular complexity index is 663. The lowest BCUT2D eigenvalue weighted by Crippen LogP contribution is -2.71.